The smallest absolute Gasteiger partial charge is 0.143 e. The molecule has 55 heavy (non-hydrogen) atoms. The molecule has 0 spiro atoms. The molecule has 0 aliphatic heterocycles. The van der Waals surface area contributed by atoms with Gasteiger partial charge in [0.15, 0.2) is 0 Å². The number of rotatable bonds is 3. The standard InChI is InChI=1S/C54H32O/c1-2-13-33(14-3-1)34-25-27-37-35(31-34)15-12-23-41(37)52-44-21-8-6-19-42(44)51(43-20-7-9-22-45(43)52)36-26-28-47-49(32-36)39-17-5-4-16-38(39)46-29-30-48-40-18-10-11-24-50(40)55-54(48)53(46)47/h1-32H. The molecule has 0 fully saturated rings. The average molecular weight is 697 g/mol. The largest absolute Gasteiger partial charge is 0.455 e. The van der Waals surface area contributed by atoms with Crippen molar-refractivity contribution >= 4 is 86.6 Å². The molecule has 0 saturated carbocycles. The number of hydrogen-bond acceptors (Lipinski definition) is 1. The van der Waals surface area contributed by atoms with E-state index in [4.69, 9.17) is 4.42 Å². The van der Waals surface area contributed by atoms with Gasteiger partial charge in [0.1, 0.15) is 11.2 Å². The third-order valence-electron chi connectivity index (χ3n) is 11.8. The van der Waals surface area contributed by atoms with E-state index in [1.165, 1.54) is 98.0 Å². The molecule has 1 heteroatoms. The van der Waals surface area contributed by atoms with E-state index in [2.05, 4.69) is 194 Å². The van der Waals surface area contributed by atoms with Crippen molar-refractivity contribution in [2.45, 2.75) is 0 Å². The Labute approximate surface area is 317 Å². The average Bonchev–Trinajstić information content (AvgIpc) is 3.64. The van der Waals surface area contributed by atoms with Crippen LogP contribution in [0.3, 0.4) is 0 Å². The fourth-order valence-corrected chi connectivity index (χ4v) is 9.42. The number of hydrogen-bond donors (Lipinski definition) is 0. The molecule has 0 N–H and O–H groups in total. The van der Waals surface area contributed by atoms with Crippen LogP contribution in [0.15, 0.2) is 199 Å². The van der Waals surface area contributed by atoms with Gasteiger partial charge in [-0.2, -0.15) is 0 Å². The Balaban J connectivity index is 1.15. The Kier molecular flexibility index (Phi) is 6.40. The number of benzene rings is 11. The molecular weight excluding hydrogens is 665 g/mol. The zero-order valence-electron chi connectivity index (χ0n) is 29.9. The summed E-state index contributed by atoms with van der Waals surface area (Å²) < 4.78 is 6.67. The molecule has 1 aromatic heterocycles. The lowest BCUT2D eigenvalue weighted by Crippen LogP contribution is -1.92. The topological polar surface area (TPSA) is 13.1 Å². The van der Waals surface area contributed by atoms with Gasteiger partial charge in [0, 0.05) is 16.2 Å². The minimum absolute atomic E-state index is 0.920. The highest BCUT2D eigenvalue weighted by Gasteiger charge is 2.20. The molecular formula is C54H32O. The fourth-order valence-electron chi connectivity index (χ4n) is 9.42. The molecule has 0 amide bonds. The van der Waals surface area contributed by atoms with Crippen molar-refractivity contribution in [2.75, 3.05) is 0 Å². The molecule has 12 rings (SSSR count). The summed E-state index contributed by atoms with van der Waals surface area (Å²) in [4.78, 5) is 0. The Morgan fingerprint density at radius 2 is 0.818 bits per heavy atom. The zero-order chi connectivity index (χ0) is 36.0. The molecule has 12 aromatic rings. The first-order chi connectivity index (χ1) is 27.3. The quantitative estimate of drug-likeness (QED) is 0.132. The third-order valence-corrected chi connectivity index (χ3v) is 11.8. The number of furan rings is 1. The molecule has 0 aliphatic carbocycles. The van der Waals surface area contributed by atoms with Crippen LogP contribution in [0.25, 0.3) is 120 Å². The van der Waals surface area contributed by atoms with Crippen molar-refractivity contribution in [1.29, 1.82) is 0 Å². The summed E-state index contributed by atoms with van der Waals surface area (Å²) in [7, 11) is 0. The Hall–Kier alpha value is -7.22. The molecule has 0 saturated heterocycles. The SMILES string of the molecule is c1ccc(-c2ccc3c(-c4c5ccccc5c(-c5ccc6c(c5)c5ccccc5c5ccc7c8ccccc8oc7c56)c5ccccc45)cccc3c2)cc1. The molecule has 0 bridgehead atoms. The molecule has 11 aromatic carbocycles. The van der Waals surface area contributed by atoms with Gasteiger partial charge < -0.3 is 4.42 Å². The van der Waals surface area contributed by atoms with Gasteiger partial charge in [0.25, 0.3) is 0 Å². The summed E-state index contributed by atoms with van der Waals surface area (Å²) in [6, 6.07) is 71.1. The van der Waals surface area contributed by atoms with Gasteiger partial charge in [-0.25, -0.2) is 0 Å². The van der Waals surface area contributed by atoms with Gasteiger partial charge in [-0.3, -0.25) is 0 Å². The van der Waals surface area contributed by atoms with Gasteiger partial charge in [-0.15, -0.1) is 0 Å². The fraction of sp³-hybridized carbons (Fsp3) is 0. The van der Waals surface area contributed by atoms with Gasteiger partial charge in [-0.1, -0.05) is 170 Å². The highest BCUT2D eigenvalue weighted by molar-refractivity contribution is 6.33. The first kappa shape index (κ1) is 30.3. The molecule has 0 atom stereocenters. The van der Waals surface area contributed by atoms with E-state index in [9.17, 15) is 0 Å². The molecule has 254 valence electrons. The Bertz CT molecular complexity index is 3480. The lowest BCUT2D eigenvalue weighted by molar-refractivity contribution is 0.673. The minimum atomic E-state index is 0.920. The summed E-state index contributed by atoms with van der Waals surface area (Å²) in [5, 5.41) is 17.1. The van der Waals surface area contributed by atoms with Crippen LogP contribution >= 0.6 is 0 Å². The zero-order valence-corrected chi connectivity index (χ0v) is 29.9. The predicted molar refractivity (Wildman–Crippen MR) is 235 cm³/mol. The maximum Gasteiger partial charge on any atom is 0.143 e. The van der Waals surface area contributed by atoms with Gasteiger partial charge >= 0.3 is 0 Å². The second kappa shape index (κ2) is 11.6. The van der Waals surface area contributed by atoms with Gasteiger partial charge in [0.05, 0.1) is 0 Å². The molecule has 1 heterocycles. The first-order valence-corrected chi connectivity index (χ1v) is 19.0. The van der Waals surface area contributed by atoms with E-state index in [1.807, 2.05) is 0 Å². The lowest BCUT2D eigenvalue weighted by atomic mass is 9.83. The van der Waals surface area contributed by atoms with Crippen molar-refractivity contribution in [3.8, 4) is 33.4 Å². The van der Waals surface area contributed by atoms with Crippen LogP contribution in [0.5, 0.6) is 0 Å². The van der Waals surface area contributed by atoms with Crippen molar-refractivity contribution in [2.24, 2.45) is 0 Å². The van der Waals surface area contributed by atoms with Crippen LogP contribution in [0.1, 0.15) is 0 Å². The minimum Gasteiger partial charge on any atom is -0.455 e. The number of para-hydroxylation sites is 1. The highest BCUT2D eigenvalue weighted by Crippen LogP contribution is 2.48. The van der Waals surface area contributed by atoms with Crippen LogP contribution in [-0.2, 0) is 0 Å². The normalized spacial score (nSPS) is 12.0. The second-order valence-electron chi connectivity index (χ2n) is 14.7. The maximum atomic E-state index is 6.67. The van der Waals surface area contributed by atoms with Crippen LogP contribution in [0.2, 0.25) is 0 Å². The summed E-state index contributed by atoms with van der Waals surface area (Å²) in [6.45, 7) is 0. The van der Waals surface area contributed by atoms with Crippen LogP contribution in [-0.4, -0.2) is 0 Å². The van der Waals surface area contributed by atoms with Crippen LogP contribution in [0, 0.1) is 0 Å². The molecule has 1 nitrogen and oxygen atoms in total. The summed E-state index contributed by atoms with van der Waals surface area (Å²) >= 11 is 0. The summed E-state index contributed by atoms with van der Waals surface area (Å²) in [6.07, 6.45) is 0. The van der Waals surface area contributed by atoms with E-state index < -0.39 is 0 Å². The van der Waals surface area contributed by atoms with Crippen molar-refractivity contribution in [3.05, 3.63) is 194 Å². The van der Waals surface area contributed by atoms with E-state index >= 15 is 0 Å². The van der Waals surface area contributed by atoms with Gasteiger partial charge in [-0.05, 0) is 117 Å². The Morgan fingerprint density at radius 1 is 0.273 bits per heavy atom. The van der Waals surface area contributed by atoms with Crippen molar-refractivity contribution < 1.29 is 4.42 Å². The van der Waals surface area contributed by atoms with Crippen LogP contribution < -0.4 is 0 Å². The molecule has 0 aliphatic rings. The number of fused-ring (bicyclic) bond motifs is 13. The third kappa shape index (κ3) is 4.41. The van der Waals surface area contributed by atoms with Gasteiger partial charge in [0.2, 0.25) is 0 Å². The first-order valence-electron chi connectivity index (χ1n) is 19.0. The second-order valence-corrected chi connectivity index (χ2v) is 14.7. The molecule has 0 radical (unpaired) electrons. The van der Waals surface area contributed by atoms with Crippen LogP contribution in [0.4, 0.5) is 0 Å². The van der Waals surface area contributed by atoms with Crippen molar-refractivity contribution in [3.63, 3.8) is 0 Å². The Morgan fingerprint density at radius 3 is 1.56 bits per heavy atom. The van der Waals surface area contributed by atoms with E-state index in [0.717, 1.165) is 21.9 Å². The lowest BCUT2D eigenvalue weighted by Gasteiger charge is -2.19. The van der Waals surface area contributed by atoms with E-state index in [1.54, 1.807) is 0 Å². The molecule has 0 unspecified atom stereocenters. The van der Waals surface area contributed by atoms with Crippen molar-refractivity contribution in [1.82, 2.24) is 0 Å². The van der Waals surface area contributed by atoms with E-state index in [-0.39, 0.29) is 0 Å². The monoisotopic (exact) mass is 696 g/mol. The summed E-state index contributed by atoms with van der Waals surface area (Å²) in [5.41, 5.74) is 9.32. The highest BCUT2D eigenvalue weighted by atomic mass is 16.3. The van der Waals surface area contributed by atoms with E-state index in [0.29, 0.717) is 0 Å². The predicted octanol–water partition coefficient (Wildman–Crippen LogP) is 15.5. The summed E-state index contributed by atoms with van der Waals surface area (Å²) in [5.74, 6) is 0. The maximum absolute atomic E-state index is 6.67.